The van der Waals surface area contributed by atoms with Crippen LogP contribution in [0.3, 0.4) is 0 Å². The molecule has 1 aromatic heterocycles. The lowest BCUT2D eigenvalue weighted by Gasteiger charge is -2.02. The number of carbonyl (C=O) groups excluding carboxylic acids is 2. The van der Waals surface area contributed by atoms with Gasteiger partial charge in [-0.25, -0.2) is 4.79 Å². The van der Waals surface area contributed by atoms with Gasteiger partial charge in [0.25, 0.3) is 0 Å². The summed E-state index contributed by atoms with van der Waals surface area (Å²) in [6.45, 7) is 0. The second kappa shape index (κ2) is 8.46. The molecule has 0 aliphatic rings. The summed E-state index contributed by atoms with van der Waals surface area (Å²) >= 11 is 0. The molecule has 0 saturated heterocycles. The van der Waals surface area contributed by atoms with Crippen LogP contribution in [0.1, 0.15) is 17.5 Å². The van der Waals surface area contributed by atoms with Crippen LogP contribution in [-0.4, -0.2) is 37.1 Å². The minimum atomic E-state index is -0.855. The number of phenols is 5. The van der Waals surface area contributed by atoms with E-state index in [0.29, 0.717) is 5.39 Å². The summed E-state index contributed by atoms with van der Waals surface area (Å²) in [5.74, 6) is -3.61. The van der Waals surface area contributed by atoms with E-state index >= 15 is 0 Å². The second-order valence-electron chi connectivity index (χ2n) is 6.52. The molecule has 3 aromatic rings. The van der Waals surface area contributed by atoms with E-state index in [1.807, 2.05) is 0 Å². The Bertz CT molecular complexity index is 1310. The molecule has 9 nitrogen and oxygen atoms in total. The average molecular weight is 424 g/mol. The van der Waals surface area contributed by atoms with Gasteiger partial charge in [0.05, 0.1) is 12.0 Å². The predicted octanol–water partition coefficient (Wildman–Crippen LogP) is 2.58. The van der Waals surface area contributed by atoms with Gasteiger partial charge in [-0.3, -0.25) is 9.59 Å². The maximum Gasteiger partial charge on any atom is 0.343 e. The van der Waals surface area contributed by atoms with E-state index in [4.69, 9.17) is 4.42 Å². The maximum atomic E-state index is 12.0. The van der Waals surface area contributed by atoms with Crippen LogP contribution in [0.15, 0.2) is 51.7 Å². The third kappa shape index (κ3) is 4.73. The molecule has 0 aliphatic heterocycles. The van der Waals surface area contributed by atoms with E-state index in [1.165, 1.54) is 30.4 Å². The summed E-state index contributed by atoms with van der Waals surface area (Å²) in [7, 11) is 0. The number of benzene rings is 2. The predicted molar refractivity (Wildman–Crippen MR) is 110 cm³/mol. The Labute approximate surface area is 174 Å². The molecule has 0 fully saturated rings. The van der Waals surface area contributed by atoms with Gasteiger partial charge in [-0.15, -0.1) is 0 Å². The molecule has 0 atom stereocenters. The van der Waals surface area contributed by atoms with Crippen molar-refractivity contribution in [3.8, 4) is 28.7 Å². The van der Waals surface area contributed by atoms with Gasteiger partial charge in [-0.1, -0.05) is 0 Å². The highest BCUT2D eigenvalue weighted by atomic mass is 16.4. The molecule has 0 saturated carbocycles. The molecule has 0 spiro atoms. The molecule has 0 aliphatic carbocycles. The molecule has 5 N–H and O–H groups in total. The van der Waals surface area contributed by atoms with E-state index in [9.17, 15) is 39.9 Å². The number of carbonyl (C=O) groups is 2. The lowest BCUT2D eigenvalue weighted by atomic mass is 10.1. The van der Waals surface area contributed by atoms with Gasteiger partial charge < -0.3 is 29.9 Å². The number of hydrogen-bond donors (Lipinski definition) is 5. The lowest BCUT2D eigenvalue weighted by Crippen LogP contribution is -2.05. The van der Waals surface area contributed by atoms with E-state index in [1.54, 1.807) is 0 Å². The van der Waals surface area contributed by atoms with Crippen LogP contribution in [0, 0.1) is 0 Å². The van der Waals surface area contributed by atoms with Crippen molar-refractivity contribution in [1.82, 2.24) is 0 Å². The minimum Gasteiger partial charge on any atom is -0.507 e. The van der Waals surface area contributed by atoms with Gasteiger partial charge in [0.1, 0.15) is 5.75 Å². The first-order chi connectivity index (χ1) is 14.7. The van der Waals surface area contributed by atoms with Crippen molar-refractivity contribution in [2.45, 2.75) is 6.42 Å². The number of ketones is 2. The quantitative estimate of drug-likeness (QED) is 0.131. The van der Waals surface area contributed by atoms with Crippen LogP contribution < -0.4 is 5.63 Å². The monoisotopic (exact) mass is 424 g/mol. The van der Waals surface area contributed by atoms with Crippen molar-refractivity contribution < 1.29 is 39.5 Å². The van der Waals surface area contributed by atoms with Gasteiger partial charge in [0.2, 0.25) is 5.75 Å². The van der Waals surface area contributed by atoms with Crippen LogP contribution in [0.25, 0.3) is 23.1 Å². The summed E-state index contributed by atoms with van der Waals surface area (Å²) in [4.78, 5) is 36.0. The Morgan fingerprint density at radius 3 is 2.06 bits per heavy atom. The Kier molecular flexibility index (Phi) is 5.78. The molecular formula is C22H16O9. The largest absolute Gasteiger partial charge is 0.507 e. The molecule has 0 unspecified atom stereocenters. The Hall–Kier alpha value is -4.53. The summed E-state index contributed by atoms with van der Waals surface area (Å²) in [5, 5.41) is 47.9. The normalized spacial score (nSPS) is 11.5. The van der Waals surface area contributed by atoms with E-state index in [0.717, 1.165) is 24.3 Å². The SMILES string of the molecule is O=C(/C=C/c1cc(O)c(O)cc1O)CC(=O)/C=C/c1cc2ccc(O)c(O)c2oc1=O. The van der Waals surface area contributed by atoms with Crippen LogP contribution in [0.5, 0.6) is 28.7 Å². The number of fused-ring (bicyclic) bond motifs is 1. The number of phenolic OH excluding ortho intramolecular Hbond substituents is 5. The number of allylic oxidation sites excluding steroid dienone is 2. The molecule has 0 amide bonds. The standard InChI is InChI=1S/C22H16O9/c23-14(4-1-11-8-18(27)19(28)10-17(11)26)9-15(24)5-2-13-7-12-3-6-16(25)20(29)21(12)31-22(13)30/h1-8,10,25-29H,9H2/b4-1+,5-2+. The highest BCUT2D eigenvalue weighted by molar-refractivity contribution is 6.11. The first kappa shape index (κ1) is 21.2. The molecule has 158 valence electrons. The third-order valence-electron chi connectivity index (χ3n) is 4.25. The zero-order chi connectivity index (χ0) is 22.7. The van der Waals surface area contributed by atoms with Gasteiger partial charge in [-0.05, 0) is 48.6 Å². The third-order valence-corrected chi connectivity index (χ3v) is 4.25. The van der Waals surface area contributed by atoms with Crippen molar-refractivity contribution in [3.05, 3.63) is 64.0 Å². The Balaban J connectivity index is 1.71. The van der Waals surface area contributed by atoms with Crippen LogP contribution in [0.4, 0.5) is 0 Å². The smallest absolute Gasteiger partial charge is 0.343 e. The summed E-state index contributed by atoms with van der Waals surface area (Å²) in [5.41, 5.74) is -0.989. The van der Waals surface area contributed by atoms with Crippen molar-refractivity contribution in [1.29, 1.82) is 0 Å². The zero-order valence-corrected chi connectivity index (χ0v) is 15.8. The summed E-state index contributed by atoms with van der Waals surface area (Å²) < 4.78 is 4.97. The number of rotatable bonds is 6. The van der Waals surface area contributed by atoms with Crippen molar-refractivity contribution in [3.63, 3.8) is 0 Å². The average Bonchev–Trinajstić information content (AvgIpc) is 2.71. The van der Waals surface area contributed by atoms with Crippen LogP contribution in [0.2, 0.25) is 0 Å². The topological polar surface area (TPSA) is 166 Å². The molecule has 0 bridgehead atoms. The fraction of sp³-hybridized carbons (Fsp3) is 0.0455. The van der Waals surface area contributed by atoms with Gasteiger partial charge in [0.15, 0.2) is 34.4 Å². The van der Waals surface area contributed by atoms with Crippen LogP contribution in [-0.2, 0) is 9.59 Å². The van der Waals surface area contributed by atoms with E-state index < -0.39 is 46.6 Å². The van der Waals surface area contributed by atoms with Crippen molar-refractivity contribution in [2.24, 2.45) is 0 Å². The fourth-order valence-corrected chi connectivity index (χ4v) is 2.66. The second-order valence-corrected chi connectivity index (χ2v) is 6.52. The molecule has 9 heteroatoms. The first-order valence-corrected chi connectivity index (χ1v) is 8.81. The highest BCUT2D eigenvalue weighted by Crippen LogP contribution is 2.33. The van der Waals surface area contributed by atoms with E-state index in [2.05, 4.69) is 0 Å². The maximum absolute atomic E-state index is 12.0. The highest BCUT2D eigenvalue weighted by Gasteiger charge is 2.11. The Morgan fingerprint density at radius 2 is 1.39 bits per heavy atom. The molecule has 31 heavy (non-hydrogen) atoms. The van der Waals surface area contributed by atoms with Crippen molar-refractivity contribution >= 4 is 34.7 Å². The number of hydrogen-bond acceptors (Lipinski definition) is 9. The van der Waals surface area contributed by atoms with Gasteiger partial charge >= 0.3 is 5.63 Å². The van der Waals surface area contributed by atoms with Gasteiger partial charge in [-0.2, -0.15) is 0 Å². The molecule has 3 rings (SSSR count). The fourth-order valence-electron chi connectivity index (χ4n) is 2.66. The first-order valence-electron chi connectivity index (χ1n) is 8.81. The summed E-state index contributed by atoms with van der Waals surface area (Å²) in [6, 6.07) is 5.94. The minimum absolute atomic E-state index is 0.00146. The number of aromatic hydroxyl groups is 5. The van der Waals surface area contributed by atoms with E-state index in [-0.39, 0.29) is 22.5 Å². The Morgan fingerprint density at radius 1 is 0.774 bits per heavy atom. The summed E-state index contributed by atoms with van der Waals surface area (Å²) in [6.07, 6.45) is 3.86. The molecular weight excluding hydrogens is 408 g/mol. The molecule has 2 aromatic carbocycles. The molecule has 0 radical (unpaired) electrons. The zero-order valence-electron chi connectivity index (χ0n) is 15.8. The van der Waals surface area contributed by atoms with Crippen LogP contribution >= 0.6 is 0 Å². The van der Waals surface area contributed by atoms with Gasteiger partial charge in [0, 0.05) is 17.0 Å². The van der Waals surface area contributed by atoms with Crippen molar-refractivity contribution in [2.75, 3.05) is 0 Å². The molecule has 1 heterocycles. The lowest BCUT2D eigenvalue weighted by molar-refractivity contribution is -0.121.